The quantitative estimate of drug-likeness (QED) is 0.0414. The molecule has 11 nitrogen and oxygen atoms in total. The third-order valence-corrected chi connectivity index (χ3v) is 8.72. The molecule has 0 aromatic heterocycles. The summed E-state index contributed by atoms with van der Waals surface area (Å²) in [7, 11) is -3.06. The summed E-state index contributed by atoms with van der Waals surface area (Å²) in [6.07, 6.45) is -3.24. The number of fused-ring (bicyclic) bond motifs is 3. The van der Waals surface area contributed by atoms with Gasteiger partial charge in [-0.25, -0.2) is 14.4 Å². The van der Waals surface area contributed by atoms with E-state index in [1.54, 1.807) is 48.5 Å². The second-order valence-electron chi connectivity index (χ2n) is 11.8. The molecule has 0 saturated heterocycles. The number of esters is 3. The van der Waals surface area contributed by atoms with Crippen molar-refractivity contribution in [3.63, 3.8) is 0 Å². The third kappa shape index (κ3) is 8.78. The van der Waals surface area contributed by atoms with E-state index in [9.17, 15) is 22.8 Å². The van der Waals surface area contributed by atoms with Gasteiger partial charge in [0.05, 0.1) is 29.2 Å². The summed E-state index contributed by atoms with van der Waals surface area (Å²) in [6.45, 7) is -0.737. The zero-order chi connectivity index (χ0) is 36.7. The van der Waals surface area contributed by atoms with Gasteiger partial charge >= 0.3 is 17.9 Å². The van der Waals surface area contributed by atoms with Crippen LogP contribution in [0.2, 0.25) is 0 Å². The number of nitrogens with zero attached hydrogens (tertiary/aromatic N) is 1. The maximum Gasteiger partial charge on any atom is 0.338 e. The molecule has 0 radical (unpaired) electrons. The van der Waals surface area contributed by atoms with Crippen LogP contribution in [-0.4, -0.2) is 70.8 Å². The molecule has 0 aliphatic rings. The molecule has 3 atom stereocenters. The molecule has 0 spiro atoms. The Bertz CT molecular complexity index is 2410. The van der Waals surface area contributed by atoms with E-state index in [4.69, 9.17) is 23.2 Å². The standard InChI is InChI=1S/C40H33NO10S/c1-47-41-24-35(49-39(43)33-19-16-27-10-4-7-13-30(27)22-33)37(50-40(44)34-20-17-28-11-5-8-14-31(28)23-34)36(51-52(2,45)46)25-48-38(42)32-18-15-26-9-3-6-12-29(26)21-32/h3-24,35-37H,25H2,1-2H3/t35-,36-,37+/m0/s1. The van der Waals surface area contributed by atoms with Crippen LogP contribution in [-0.2, 0) is 33.3 Å². The molecule has 6 aromatic carbocycles. The SMILES string of the molecule is CON=C[C@H](OC(=O)c1ccc2ccccc2c1)[C@@H](OC(=O)c1ccc2ccccc2c1)[C@H](COC(=O)c1ccc2ccccc2c1)OS(C)(=O)=O. The summed E-state index contributed by atoms with van der Waals surface area (Å²) in [6, 6.07) is 36.8. The number of hydrogen-bond donors (Lipinski definition) is 0. The number of oxime groups is 1. The molecule has 6 rings (SSSR count). The Kier molecular flexibility index (Phi) is 10.9. The minimum Gasteiger partial charge on any atom is -0.459 e. The smallest absolute Gasteiger partial charge is 0.338 e. The highest BCUT2D eigenvalue weighted by Gasteiger charge is 2.40. The third-order valence-electron chi connectivity index (χ3n) is 8.12. The first kappa shape index (κ1) is 35.7. The van der Waals surface area contributed by atoms with Gasteiger partial charge in [0.1, 0.15) is 13.7 Å². The second kappa shape index (κ2) is 15.8. The number of hydrogen-bond acceptors (Lipinski definition) is 11. The Morgan fingerprint density at radius 1 is 0.615 bits per heavy atom. The van der Waals surface area contributed by atoms with Gasteiger partial charge in [-0.1, -0.05) is 96.2 Å². The fourth-order valence-corrected chi connectivity index (χ4v) is 6.25. The summed E-state index contributed by atoms with van der Waals surface area (Å²) in [5, 5.41) is 8.67. The monoisotopic (exact) mass is 719 g/mol. The van der Waals surface area contributed by atoms with Crippen LogP contribution >= 0.6 is 0 Å². The highest BCUT2D eigenvalue weighted by molar-refractivity contribution is 7.86. The van der Waals surface area contributed by atoms with Crippen LogP contribution in [0.1, 0.15) is 31.1 Å². The van der Waals surface area contributed by atoms with Crippen LogP contribution in [0, 0.1) is 0 Å². The predicted molar refractivity (Wildman–Crippen MR) is 196 cm³/mol. The predicted octanol–water partition coefficient (Wildman–Crippen LogP) is 6.73. The molecule has 0 bridgehead atoms. The van der Waals surface area contributed by atoms with Gasteiger partial charge in [-0.15, -0.1) is 0 Å². The fraction of sp³-hybridized carbons (Fsp3) is 0.150. The molecular formula is C40H33NO10S. The van der Waals surface area contributed by atoms with E-state index in [0.717, 1.165) is 44.8 Å². The Hall–Kier alpha value is -6.11. The zero-order valence-corrected chi connectivity index (χ0v) is 28.9. The molecule has 0 heterocycles. The van der Waals surface area contributed by atoms with Crippen molar-refractivity contribution in [1.29, 1.82) is 0 Å². The second-order valence-corrected chi connectivity index (χ2v) is 13.4. The van der Waals surface area contributed by atoms with Crippen molar-refractivity contribution in [3.8, 4) is 0 Å². The zero-order valence-electron chi connectivity index (χ0n) is 28.1. The van der Waals surface area contributed by atoms with Crippen molar-refractivity contribution in [2.75, 3.05) is 20.0 Å². The van der Waals surface area contributed by atoms with Gasteiger partial charge in [0, 0.05) is 0 Å². The summed E-state index contributed by atoms with van der Waals surface area (Å²) in [5.74, 6) is -2.56. The van der Waals surface area contributed by atoms with E-state index in [1.165, 1.54) is 13.2 Å². The van der Waals surface area contributed by atoms with Crippen LogP contribution < -0.4 is 0 Å². The largest absolute Gasteiger partial charge is 0.459 e. The minimum absolute atomic E-state index is 0.109. The van der Waals surface area contributed by atoms with Crippen molar-refractivity contribution < 1.29 is 46.0 Å². The van der Waals surface area contributed by atoms with E-state index in [2.05, 4.69) is 5.16 Å². The van der Waals surface area contributed by atoms with Crippen molar-refractivity contribution in [3.05, 3.63) is 144 Å². The lowest BCUT2D eigenvalue weighted by molar-refractivity contribution is -0.0683. The lowest BCUT2D eigenvalue weighted by Crippen LogP contribution is -2.48. The molecule has 0 saturated carbocycles. The normalized spacial score (nSPS) is 13.4. The van der Waals surface area contributed by atoms with Crippen LogP contribution in [0.25, 0.3) is 32.3 Å². The Morgan fingerprint density at radius 2 is 1.04 bits per heavy atom. The molecule has 52 heavy (non-hydrogen) atoms. The molecule has 0 unspecified atom stereocenters. The number of carbonyl (C=O) groups excluding carboxylic acids is 3. The fourth-order valence-electron chi connectivity index (χ4n) is 5.63. The first-order valence-electron chi connectivity index (χ1n) is 16.1. The highest BCUT2D eigenvalue weighted by atomic mass is 32.2. The van der Waals surface area contributed by atoms with E-state index in [0.29, 0.717) is 0 Å². The Morgan fingerprint density at radius 3 is 1.48 bits per heavy atom. The van der Waals surface area contributed by atoms with E-state index >= 15 is 0 Å². The number of ether oxygens (including phenoxy) is 3. The van der Waals surface area contributed by atoms with Crippen LogP contribution in [0.15, 0.2) is 133 Å². The summed E-state index contributed by atoms with van der Waals surface area (Å²) < 4.78 is 48.0. The topological polar surface area (TPSA) is 144 Å². The molecule has 0 N–H and O–H groups in total. The molecule has 0 aliphatic carbocycles. The van der Waals surface area contributed by atoms with Crippen LogP contribution in [0.5, 0.6) is 0 Å². The van der Waals surface area contributed by atoms with Crippen molar-refractivity contribution in [2.24, 2.45) is 5.16 Å². The van der Waals surface area contributed by atoms with Crippen molar-refractivity contribution >= 4 is 66.6 Å². The molecule has 6 aromatic rings. The Balaban J connectivity index is 1.35. The van der Waals surface area contributed by atoms with Gasteiger partial charge in [0.2, 0.25) is 0 Å². The van der Waals surface area contributed by atoms with Gasteiger partial charge in [-0.2, -0.15) is 8.42 Å². The van der Waals surface area contributed by atoms with Gasteiger partial charge in [-0.3, -0.25) is 4.18 Å². The van der Waals surface area contributed by atoms with Crippen molar-refractivity contribution in [2.45, 2.75) is 18.3 Å². The molecular weight excluding hydrogens is 687 g/mol. The number of benzene rings is 6. The van der Waals surface area contributed by atoms with Crippen molar-refractivity contribution in [1.82, 2.24) is 0 Å². The lowest BCUT2D eigenvalue weighted by atomic mass is 10.1. The molecule has 0 amide bonds. The summed E-state index contributed by atoms with van der Waals surface area (Å²) in [4.78, 5) is 45.6. The Labute approximate surface area is 299 Å². The van der Waals surface area contributed by atoms with E-state index < -0.39 is 52.9 Å². The minimum atomic E-state index is -4.30. The van der Waals surface area contributed by atoms with Crippen LogP contribution in [0.4, 0.5) is 0 Å². The van der Waals surface area contributed by atoms with Gasteiger partial charge < -0.3 is 19.0 Å². The van der Waals surface area contributed by atoms with Crippen LogP contribution in [0.3, 0.4) is 0 Å². The maximum atomic E-state index is 13.8. The molecule has 0 fully saturated rings. The number of rotatable bonds is 13. The van der Waals surface area contributed by atoms with Gasteiger partial charge in [0.15, 0.2) is 18.3 Å². The summed E-state index contributed by atoms with van der Waals surface area (Å²) >= 11 is 0. The van der Waals surface area contributed by atoms with E-state index in [1.807, 2.05) is 72.8 Å². The average Bonchev–Trinajstić information content (AvgIpc) is 3.15. The number of carbonyl (C=O) groups is 3. The first-order valence-corrected chi connectivity index (χ1v) is 17.9. The van der Waals surface area contributed by atoms with Gasteiger partial charge in [0.25, 0.3) is 10.1 Å². The highest BCUT2D eigenvalue weighted by Crippen LogP contribution is 2.23. The average molecular weight is 720 g/mol. The summed E-state index contributed by atoms with van der Waals surface area (Å²) in [5.41, 5.74) is 0.442. The molecule has 264 valence electrons. The lowest BCUT2D eigenvalue weighted by Gasteiger charge is -2.30. The maximum absolute atomic E-state index is 13.8. The first-order chi connectivity index (χ1) is 25.1. The van der Waals surface area contributed by atoms with Gasteiger partial charge in [-0.05, 0) is 68.7 Å². The van der Waals surface area contributed by atoms with E-state index in [-0.39, 0.29) is 16.7 Å². The molecule has 0 aliphatic heterocycles. The molecule has 12 heteroatoms.